The highest BCUT2D eigenvalue weighted by molar-refractivity contribution is 5.90. The molecule has 0 aromatic carbocycles. The van der Waals surface area contributed by atoms with Crippen molar-refractivity contribution in [2.45, 2.75) is 38.8 Å². The Hall–Kier alpha value is -2.96. The fraction of sp³-hybridized carbons (Fsp3) is 0.429. The zero-order chi connectivity index (χ0) is 19.1. The van der Waals surface area contributed by atoms with Crippen LogP contribution in [0.2, 0.25) is 0 Å². The Morgan fingerprint density at radius 1 is 1.36 bits per heavy atom. The molecule has 3 aromatic rings. The van der Waals surface area contributed by atoms with Gasteiger partial charge in [-0.1, -0.05) is 19.1 Å². The van der Waals surface area contributed by atoms with Crippen LogP contribution in [0, 0.1) is 5.92 Å². The summed E-state index contributed by atoms with van der Waals surface area (Å²) < 4.78 is 4.09. The molecule has 3 aromatic heterocycles. The van der Waals surface area contributed by atoms with Gasteiger partial charge in [-0.05, 0) is 18.4 Å². The molecule has 1 aliphatic heterocycles. The summed E-state index contributed by atoms with van der Waals surface area (Å²) in [6, 6.07) is 2.43. The van der Waals surface area contributed by atoms with Crippen molar-refractivity contribution in [1.82, 2.24) is 29.2 Å². The van der Waals surface area contributed by atoms with Crippen molar-refractivity contribution in [2.24, 2.45) is 5.92 Å². The monoisotopic (exact) mass is 376 g/mol. The minimum absolute atomic E-state index is 0.190. The lowest BCUT2D eigenvalue weighted by Gasteiger charge is -2.38. The number of hydrogen-bond donors (Lipinski definition) is 0. The molecule has 1 aliphatic carbocycles. The first-order valence-electron chi connectivity index (χ1n) is 9.96. The number of pyridine rings is 1. The van der Waals surface area contributed by atoms with E-state index in [9.17, 15) is 4.79 Å². The number of carbonyl (C=O) groups is 1. The van der Waals surface area contributed by atoms with Crippen molar-refractivity contribution in [3.05, 3.63) is 48.4 Å². The van der Waals surface area contributed by atoms with Gasteiger partial charge in [0.25, 0.3) is 0 Å². The first kappa shape index (κ1) is 17.2. The lowest BCUT2D eigenvalue weighted by Crippen LogP contribution is -2.44. The van der Waals surface area contributed by atoms with Crippen LogP contribution in [0.4, 0.5) is 0 Å². The van der Waals surface area contributed by atoms with Gasteiger partial charge < -0.3 is 9.47 Å². The summed E-state index contributed by atoms with van der Waals surface area (Å²) >= 11 is 0. The molecular weight excluding hydrogens is 352 g/mol. The van der Waals surface area contributed by atoms with Crippen LogP contribution < -0.4 is 0 Å². The molecule has 1 saturated heterocycles. The second-order valence-corrected chi connectivity index (χ2v) is 7.83. The lowest BCUT2D eigenvalue weighted by atomic mass is 9.92. The molecule has 2 atom stereocenters. The third-order valence-corrected chi connectivity index (χ3v) is 6.12. The molecule has 4 heterocycles. The van der Waals surface area contributed by atoms with E-state index in [-0.39, 0.29) is 11.9 Å². The number of piperidine rings is 1. The highest BCUT2D eigenvalue weighted by Crippen LogP contribution is 2.35. The van der Waals surface area contributed by atoms with E-state index in [2.05, 4.69) is 51.0 Å². The number of amides is 1. The number of aryl methyl sites for hydroxylation is 1. The summed E-state index contributed by atoms with van der Waals surface area (Å²) in [4.78, 5) is 23.4. The zero-order valence-corrected chi connectivity index (χ0v) is 16.0. The third-order valence-electron chi connectivity index (χ3n) is 6.12. The number of rotatable bonds is 4. The minimum atomic E-state index is 0.190. The molecule has 0 radical (unpaired) electrons. The number of allylic oxidation sites excluding steroid dienone is 1. The number of aromatic nitrogens is 5. The largest absolute Gasteiger partial charge is 0.342 e. The average molecular weight is 376 g/mol. The molecule has 0 bridgehead atoms. The number of nitrogens with zero attached hydrogens (tertiary/aromatic N) is 6. The van der Waals surface area contributed by atoms with Gasteiger partial charge >= 0.3 is 0 Å². The molecule has 0 spiro atoms. The van der Waals surface area contributed by atoms with Crippen LogP contribution in [0.3, 0.4) is 0 Å². The van der Waals surface area contributed by atoms with Crippen LogP contribution in [-0.2, 0) is 17.8 Å². The van der Waals surface area contributed by atoms with Crippen molar-refractivity contribution < 1.29 is 4.79 Å². The minimum Gasteiger partial charge on any atom is -0.342 e. The van der Waals surface area contributed by atoms with Crippen molar-refractivity contribution >= 4 is 22.9 Å². The molecule has 5 rings (SSSR count). The molecule has 2 aliphatic rings. The molecular formula is C21H24N6O. The molecule has 0 unspecified atom stereocenters. The first-order valence-corrected chi connectivity index (χ1v) is 9.96. The first-order chi connectivity index (χ1) is 13.7. The topological polar surface area (TPSA) is 68.8 Å². The third kappa shape index (κ3) is 2.91. The van der Waals surface area contributed by atoms with Crippen LogP contribution >= 0.6 is 0 Å². The standard InChI is InChI=1S/C21H24N6O/c1-15-5-8-25(20(28)7-9-26-14-22-13-24-26)12-19(15)27-10-6-16-11-23-18-4-2-3-17(18)21(16)27/h2-3,6,10-11,13-15,19H,4-5,7-9,12H2,1H3/t15-,19+/m1/s1. The van der Waals surface area contributed by atoms with Crippen molar-refractivity contribution in [3.8, 4) is 0 Å². The van der Waals surface area contributed by atoms with Gasteiger partial charge in [0, 0.05) is 49.3 Å². The van der Waals surface area contributed by atoms with E-state index in [4.69, 9.17) is 0 Å². The van der Waals surface area contributed by atoms with Crippen LogP contribution in [0.1, 0.15) is 37.1 Å². The van der Waals surface area contributed by atoms with Gasteiger partial charge in [-0.15, -0.1) is 0 Å². The lowest BCUT2D eigenvalue weighted by molar-refractivity contribution is -0.133. The molecule has 1 fully saturated rings. The Morgan fingerprint density at radius 3 is 3.14 bits per heavy atom. The van der Waals surface area contributed by atoms with E-state index < -0.39 is 0 Å². The summed E-state index contributed by atoms with van der Waals surface area (Å²) in [5.41, 5.74) is 3.65. The second kappa shape index (κ2) is 6.89. The Labute approximate surface area is 163 Å². The second-order valence-electron chi connectivity index (χ2n) is 7.83. The van der Waals surface area contributed by atoms with E-state index in [0.29, 0.717) is 18.9 Å². The Bertz CT molecular complexity index is 1030. The molecule has 0 N–H and O–H groups in total. The predicted octanol–water partition coefficient (Wildman–Crippen LogP) is 2.70. The Kier molecular flexibility index (Phi) is 4.22. The summed E-state index contributed by atoms with van der Waals surface area (Å²) in [5, 5.41) is 5.26. The Morgan fingerprint density at radius 2 is 2.29 bits per heavy atom. The van der Waals surface area contributed by atoms with Crippen molar-refractivity contribution in [2.75, 3.05) is 13.1 Å². The molecule has 144 valence electrons. The average Bonchev–Trinajstić information content (AvgIpc) is 3.45. The smallest absolute Gasteiger partial charge is 0.224 e. The van der Waals surface area contributed by atoms with E-state index in [1.54, 1.807) is 11.0 Å². The van der Waals surface area contributed by atoms with Crippen molar-refractivity contribution in [3.63, 3.8) is 0 Å². The van der Waals surface area contributed by atoms with Gasteiger partial charge in [-0.2, -0.15) is 5.10 Å². The molecule has 7 nitrogen and oxygen atoms in total. The predicted molar refractivity (Wildman–Crippen MR) is 107 cm³/mol. The summed E-state index contributed by atoms with van der Waals surface area (Å²) in [6.45, 7) is 4.45. The Balaban J connectivity index is 1.39. The molecule has 1 amide bonds. The normalized spacial score (nSPS) is 21.4. The molecule has 7 heteroatoms. The fourth-order valence-corrected chi connectivity index (χ4v) is 4.47. The van der Waals surface area contributed by atoms with Gasteiger partial charge in [0.05, 0.1) is 23.8 Å². The summed E-state index contributed by atoms with van der Waals surface area (Å²) in [5.74, 6) is 0.708. The number of likely N-dealkylation sites (tertiary alicyclic amines) is 1. The SMILES string of the molecule is C[C@@H]1CCN(C(=O)CCn2cncn2)C[C@@H]1n1ccc2cnc3c(c21)C=CC3. The van der Waals surface area contributed by atoms with E-state index >= 15 is 0 Å². The number of hydrogen-bond acceptors (Lipinski definition) is 4. The van der Waals surface area contributed by atoms with Crippen LogP contribution in [-0.4, -0.2) is 48.2 Å². The van der Waals surface area contributed by atoms with Gasteiger partial charge in [-0.3, -0.25) is 14.5 Å². The van der Waals surface area contributed by atoms with Gasteiger partial charge in [-0.25, -0.2) is 4.98 Å². The van der Waals surface area contributed by atoms with E-state index in [1.807, 2.05) is 11.1 Å². The maximum Gasteiger partial charge on any atom is 0.224 e. The molecule has 28 heavy (non-hydrogen) atoms. The van der Waals surface area contributed by atoms with Crippen LogP contribution in [0.15, 0.2) is 37.2 Å². The number of fused-ring (bicyclic) bond motifs is 3. The quantitative estimate of drug-likeness (QED) is 0.702. The number of carbonyl (C=O) groups excluding carboxylic acids is 1. The van der Waals surface area contributed by atoms with Gasteiger partial charge in [0.15, 0.2) is 0 Å². The fourth-order valence-electron chi connectivity index (χ4n) is 4.47. The molecule has 0 saturated carbocycles. The highest BCUT2D eigenvalue weighted by Gasteiger charge is 2.31. The van der Waals surface area contributed by atoms with Gasteiger partial charge in [0.2, 0.25) is 5.91 Å². The van der Waals surface area contributed by atoms with Crippen LogP contribution in [0.25, 0.3) is 17.0 Å². The van der Waals surface area contributed by atoms with E-state index in [0.717, 1.165) is 31.6 Å². The maximum absolute atomic E-state index is 12.8. The van der Waals surface area contributed by atoms with Gasteiger partial charge in [0.1, 0.15) is 12.7 Å². The summed E-state index contributed by atoms with van der Waals surface area (Å²) in [7, 11) is 0. The van der Waals surface area contributed by atoms with Crippen molar-refractivity contribution in [1.29, 1.82) is 0 Å². The maximum atomic E-state index is 12.8. The highest BCUT2D eigenvalue weighted by atomic mass is 16.2. The summed E-state index contributed by atoms with van der Waals surface area (Å²) in [6.07, 6.45) is 14.1. The zero-order valence-electron chi connectivity index (χ0n) is 16.0. The van der Waals surface area contributed by atoms with Crippen LogP contribution in [0.5, 0.6) is 0 Å². The van der Waals surface area contributed by atoms with E-state index in [1.165, 1.54) is 22.8 Å².